The van der Waals surface area contributed by atoms with E-state index >= 15 is 0 Å². The number of piperidine rings is 1. The first-order chi connectivity index (χ1) is 7.43. The van der Waals surface area contributed by atoms with Crippen molar-refractivity contribution >= 4 is 5.78 Å². The molecule has 1 rings (SSSR count). The second-order valence-electron chi connectivity index (χ2n) is 5.91. The van der Waals surface area contributed by atoms with Crippen LogP contribution in [0.15, 0.2) is 0 Å². The third-order valence-electron chi connectivity index (χ3n) is 3.35. The number of carbonyl (C=O) groups is 1. The van der Waals surface area contributed by atoms with Crippen molar-refractivity contribution in [3.8, 4) is 0 Å². The molecular weight excluding hydrogens is 202 g/mol. The molecule has 0 spiro atoms. The van der Waals surface area contributed by atoms with Gasteiger partial charge < -0.3 is 10.0 Å². The Bertz CT molecular complexity index is 233. The van der Waals surface area contributed by atoms with Gasteiger partial charge >= 0.3 is 0 Å². The van der Waals surface area contributed by atoms with Crippen LogP contribution in [0.5, 0.6) is 0 Å². The second kappa shape index (κ2) is 5.78. The number of nitrogens with zero attached hydrogens (tertiary/aromatic N) is 1. The van der Waals surface area contributed by atoms with Crippen LogP contribution in [0.1, 0.15) is 40.0 Å². The Morgan fingerprint density at radius 3 is 2.69 bits per heavy atom. The Morgan fingerprint density at radius 1 is 1.44 bits per heavy atom. The van der Waals surface area contributed by atoms with Crippen molar-refractivity contribution in [1.29, 1.82) is 0 Å². The normalized spacial score (nSPS) is 23.4. The van der Waals surface area contributed by atoms with Crippen LogP contribution < -0.4 is 0 Å². The van der Waals surface area contributed by atoms with Crippen molar-refractivity contribution in [3.05, 3.63) is 0 Å². The van der Waals surface area contributed by atoms with Gasteiger partial charge in [-0.25, -0.2) is 0 Å². The molecule has 1 unspecified atom stereocenters. The van der Waals surface area contributed by atoms with Crippen molar-refractivity contribution in [3.63, 3.8) is 0 Å². The molecule has 94 valence electrons. The smallest absolute Gasteiger partial charge is 0.139 e. The Kier molecular flexibility index (Phi) is 4.93. The van der Waals surface area contributed by atoms with E-state index in [-0.39, 0.29) is 12.0 Å². The summed E-state index contributed by atoms with van der Waals surface area (Å²) in [6.07, 6.45) is 2.91. The van der Waals surface area contributed by atoms with Crippen molar-refractivity contribution in [2.75, 3.05) is 26.2 Å². The molecule has 1 heterocycles. The number of rotatable bonds is 4. The van der Waals surface area contributed by atoms with Crippen LogP contribution in [0.3, 0.4) is 0 Å². The van der Waals surface area contributed by atoms with E-state index in [9.17, 15) is 4.79 Å². The molecule has 0 bridgehead atoms. The number of aliphatic hydroxyl groups excluding tert-OH is 1. The van der Waals surface area contributed by atoms with Crippen molar-refractivity contribution in [2.45, 2.75) is 40.0 Å². The van der Waals surface area contributed by atoms with Gasteiger partial charge in [-0.2, -0.15) is 0 Å². The van der Waals surface area contributed by atoms with E-state index in [4.69, 9.17) is 5.11 Å². The zero-order chi connectivity index (χ0) is 12.2. The molecule has 1 fully saturated rings. The van der Waals surface area contributed by atoms with E-state index in [2.05, 4.69) is 4.90 Å². The molecule has 0 amide bonds. The lowest BCUT2D eigenvalue weighted by molar-refractivity contribution is -0.126. The number of likely N-dealkylation sites (tertiary alicyclic amines) is 1. The van der Waals surface area contributed by atoms with Crippen LogP contribution >= 0.6 is 0 Å². The molecular formula is C13H25NO2. The zero-order valence-corrected chi connectivity index (χ0v) is 10.8. The fourth-order valence-corrected chi connectivity index (χ4v) is 2.14. The lowest BCUT2D eigenvalue weighted by Crippen LogP contribution is -2.38. The first kappa shape index (κ1) is 13.7. The summed E-state index contributed by atoms with van der Waals surface area (Å²) >= 11 is 0. The SMILES string of the molecule is CC(C)(C)C(=O)CCN1CCCC(CO)C1. The Morgan fingerprint density at radius 2 is 2.12 bits per heavy atom. The maximum atomic E-state index is 11.8. The Balaban J connectivity index is 2.30. The highest BCUT2D eigenvalue weighted by atomic mass is 16.3. The van der Waals surface area contributed by atoms with Crippen LogP contribution in [0.25, 0.3) is 0 Å². The minimum Gasteiger partial charge on any atom is -0.396 e. The molecule has 1 atom stereocenters. The van der Waals surface area contributed by atoms with E-state index < -0.39 is 0 Å². The molecule has 1 aliphatic rings. The summed E-state index contributed by atoms with van der Waals surface area (Å²) in [6.45, 7) is 9.09. The molecule has 0 aliphatic carbocycles. The van der Waals surface area contributed by atoms with Crippen molar-refractivity contribution in [1.82, 2.24) is 4.90 Å². The summed E-state index contributed by atoms with van der Waals surface area (Å²) in [5.74, 6) is 0.747. The number of ketones is 1. The van der Waals surface area contributed by atoms with Gasteiger partial charge in [0.2, 0.25) is 0 Å². The monoisotopic (exact) mass is 227 g/mol. The summed E-state index contributed by atoms with van der Waals surface area (Å²) < 4.78 is 0. The van der Waals surface area contributed by atoms with Crippen LogP contribution in [0, 0.1) is 11.3 Å². The molecule has 0 radical (unpaired) electrons. The van der Waals surface area contributed by atoms with E-state index in [1.54, 1.807) is 0 Å². The predicted molar refractivity (Wildman–Crippen MR) is 65.3 cm³/mol. The number of aliphatic hydroxyl groups is 1. The van der Waals surface area contributed by atoms with Gasteiger partial charge in [-0.1, -0.05) is 20.8 Å². The summed E-state index contributed by atoms with van der Waals surface area (Å²) in [5, 5.41) is 9.12. The number of hydrogen-bond acceptors (Lipinski definition) is 3. The van der Waals surface area contributed by atoms with Gasteiger partial charge in [-0.15, -0.1) is 0 Å². The van der Waals surface area contributed by atoms with Gasteiger partial charge in [-0.3, -0.25) is 4.79 Å². The largest absolute Gasteiger partial charge is 0.396 e. The van der Waals surface area contributed by atoms with Gasteiger partial charge in [0, 0.05) is 31.5 Å². The molecule has 1 saturated heterocycles. The summed E-state index contributed by atoms with van der Waals surface area (Å²) in [5.41, 5.74) is -0.216. The summed E-state index contributed by atoms with van der Waals surface area (Å²) in [4.78, 5) is 14.1. The first-order valence-corrected chi connectivity index (χ1v) is 6.30. The van der Waals surface area contributed by atoms with Crippen LogP contribution in [0.2, 0.25) is 0 Å². The molecule has 0 aromatic rings. The third-order valence-corrected chi connectivity index (χ3v) is 3.35. The highest BCUT2D eigenvalue weighted by molar-refractivity contribution is 5.83. The Labute approximate surface area is 98.8 Å². The highest BCUT2D eigenvalue weighted by Crippen LogP contribution is 2.19. The standard InChI is InChI=1S/C13H25NO2/c1-13(2,3)12(16)6-8-14-7-4-5-11(9-14)10-15/h11,15H,4-10H2,1-3H3. The van der Waals surface area contributed by atoms with Gasteiger partial charge in [0.15, 0.2) is 0 Å². The van der Waals surface area contributed by atoms with E-state index in [0.29, 0.717) is 18.1 Å². The highest BCUT2D eigenvalue weighted by Gasteiger charge is 2.23. The second-order valence-corrected chi connectivity index (χ2v) is 5.91. The van der Waals surface area contributed by atoms with E-state index in [1.807, 2.05) is 20.8 Å². The number of carbonyl (C=O) groups excluding carboxylic acids is 1. The lowest BCUT2D eigenvalue weighted by Gasteiger charge is -2.32. The van der Waals surface area contributed by atoms with Gasteiger partial charge in [0.05, 0.1) is 0 Å². The molecule has 3 heteroatoms. The summed E-state index contributed by atoms with van der Waals surface area (Å²) in [6, 6.07) is 0. The van der Waals surface area contributed by atoms with Crippen molar-refractivity contribution in [2.24, 2.45) is 11.3 Å². The van der Waals surface area contributed by atoms with Crippen LogP contribution in [-0.4, -0.2) is 42.0 Å². The average molecular weight is 227 g/mol. The third kappa shape index (κ3) is 4.22. The lowest BCUT2D eigenvalue weighted by atomic mass is 9.88. The Hall–Kier alpha value is -0.410. The topological polar surface area (TPSA) is 40.5 Å². The maximum absolute atomic E-state index is 11.8. The molecule has 3 nitrogen and oxygen atoms in total. The van der Waals surface area contributed by atoms with Gasteiger partial charge in [0.1, 0.15) is 5.78 Å². The fraction of sp³-hybridized carbons (Fsp3) is 0.923. The van der Waals surface area contributed by atoms with Gasteiger partial charge in [-0.05, 0) is 25.3 Å². The molecule has 16 heavy (non-hydrogen) atoms. The van der Waals surface area contributed by atoms with Gasteiger partial charge in [0.25, 0.3) is 0 Å². The van der Waals surface area contributed by atoms with Crippen LogP contribution in [-0.2, 0) is 4.79 Å². The molecule has 1 aliphatic heterocycles. The van der Waals surface area contributed by atoms with E-state index in [1.165, 1.54) is 0 Å². The zero-order valence-electron chi connectivity index (χ0n) is 10.8. The van der Waals surface area contributed by atoms with Crippen LogP contribution in [0.4, 0.5) is 0 Å². The molecule has 1 N–H and O–H groups in total. The van der Waals surface area contributed by atoms with Crippen molar-refractivity contribution < 1.29 is 9.90 Å². The molecule has 0 aromatic carbocycles. The quantitative estimate of drug-likeness (QED) is 0.794. The molecule has 0 saturated carbocycles. The average Bonchev–Trinajstić information content (AvgIpc) is 2.25. The summed E-state index contributed by atoms with van der Waals surface area (Å²) in [7, 11) is 0. The molecule has 0 aromatic heterocycles. The van der Waals surface area contributed by atoms with E-state index in [0.717, 1.165) is 32.5 Å². The predicted octanol–water partition coefficient (Wildman–Crippen LogP) is 1.70. The minimum absolute atomic E-state index is 0.216. The maximum Gasteiger partial charge on any atom is 0.139 e. The fourth-order valence-electron chi connectivity index (χ4n) is 2.14. The first-order valence-electron chi connectivity index (χ1n) is 6.30. The number of Topliss-reactive ketones (excluding diaryl/α,β-unsaturated/α-hetero) is 1. The number of hydrogen-bond donors (Lipinski definition) is 1. The minimum atomic E-state index is -0.216.